The normalized spacial score (nSPS) is 18.2. The molecule has 4 nitrogen and oxygen atoms in total. The second kappa shape index (κ2) is 5.49. The molecule has 0 radical (unpaired) electrons. The van der Waals surface area contributed by atoms with Gasteiger partial charge in [-0.1, -0.05) is 36.4 Å². The topological polar surface area (TPSA) is 66.4 Å². The Labute approximate surface area is 105 Å². The molecule has 1 aromatic carbocycles. The van der Waals surface area contributed by atoms with E-state index in [0.717, 1.165) is 5.56 Å². The second-order valence-electron chi connectivity index (χ2n) is 4.30. The lowest BCUT2D eigenvalue weighted by molar-refractivity contribution is -0.141. The van der Waals surface area contributed by atoms with Crippen molar-refractivity contribution in [1.29, 1.82) is 0 Å². The predicted molar refractivity (Wildman–Crippen MR) is 66.7 cm³/mol. The minimum absolute atomic E-state index is 0.274. The molecular formula is C14H15NO3. The summed E-state index contributed by atoms with van der Waals surface area (Å²) in [6.07, 6.45) is 2.90. The zero-order chi connectivity index (χ0) is 13.0. The SMILES string of the molecule is O=C(NCc1ccccc1)C1=CCC[C@@H]1C(=O)O. The first kappa shape index (κ1) is 12.4. The monoisotopic (exact) mass is 245 g/mol. The maximum absolute atomic E-state index is 11.9. The number of carbonyl (C=O) groups is 2. The largest absolute Gasteiger partial charge is 0.481 e. The number of carbonyl (C=O) groups excluding carboxylic acids is 1. The predicted octanol–water partition coefficient (Wildman–Crippen LogP) is 1.72. The van der Waals surface area contributed by atoms with Gasteiger partial charge in [0.25, 0.3) is 0 Å². The second-order valence-corrected chi connectivity index (χ2v) is 4.30. The van der Waals surface area contributed by atoms with Crippen molar-refractivity contribution in [1.82, 2.24) is 5.32 Å². The van der Waals surface area contributed by atoms with Crippen LogP contribution in [0.1, 0.15) is 18.4 Å². The van der Waals surface area contributed by atoms with Crippen LogP contribution < -0.4 is 5.32 Å². The summed E-state index contributed by atoms with van der Waals surface area (Å²) in [5, 5.41) is 11.8. The highest BCUT2D eigenvalue weighted by Gasteiger charge is 2.30. The van der Waals surface area contributed by atoms with E-state index in [1.165, 1.54) is 0 Å². The fourth-order valence-corrected chi connectivity index (χ4v) is 2.09. The van der Waals surface area contributed by atoms with Crippen molar-refractivity contribution in [3.05, 3.63) is 47.5 Å². The van der Waals surface area contributed by atoms with Gasteiger partial charge in [-0.25, -0.2) is 0 Å². The summed E-state index contributed by atoms with van der Waals surface area (Å²) in [5.41, 5.74) is 1.38. The molecule has 1 aromatic rings. The highest BCUT2D eigenvalue weighted by Crippen LogP contribution is 2.26. The summed E-state index contributed by atoms with van der Waals surface area (Å²) < 4.78 is 0. The van der Waals surface area contributed by atoms with E-state index in [4.69, 9.17) is 5.11 Å². The summed E-state index contributed by atoms with van der Waals surface area (Å²) in [5.74, 6) is -1.85. The first-order chi connectivity index (χ1) is 8.68. The standard InChI is InChI=1S/C14H15NO3/c16-13(11-7-4-8-12(11)14(17)18)15-9-10-5-2-1-3-6-10/h1-3,5-7,12H,4,8-9H2,(H,15,16)(H,17,18)/t12-/m0/s1. The summed E-state index contributed by atoms with van der Waals surface area (Å²) in [4.78, 5) is 22.9. The van der Waals surface area contributed by atoms with Gasteiger partial charge in [0.1, 0.15) is 0 Å². The van der Waals surface area contributed by atoms with E-state index in [1.807, 2.05) is 30.3 Å². The third-order valence-electron chi connectivity index (χ3n) is 3.05. The molecule has 0 heterocycles. The van der Waals surface area contributed by atoms with Gasteiger partial charge in [0.05, 0.1) is 5.92 Å². The van der Waals surface area contributed by atoms with Crippen LogP contribution in [0.25, 0.3) is 0 Å². The maximum atomic E-state index is 11.9. The van der Waals surface area contributed by atoms with Crippen LogP contribution in [-0.4, -0.2) is 17.0 Å². The van der Waals surface area contributed by atoms with Gasteiger partial charge >= 0.3 is 5.97 Å². The van der Waals surface area contributed by atoms with E-state index in [-0.39, 0.29) is 5.91 Å². The van der Waals surface area contributed by atoms with E-state index in [0.29, 0.717) is 25.0 Å². The summed E-state index contributed by atoms with van der Waals surface area (Å²) in [6.45, 7) is 0.420. The van der Waals surface area contributed by atoms with Crippen molar-refractivity contribution in [2.24, 2.45) is 5.92 Å². The Hall–Kier alpha value is -2.10. The van der Waals surface area contributed by atoms with Crippen molar-refractivity contribution < 1.29 is 14.7 Å². The molecule has 18 heavy (non-hydrogen) atoms. The first-order valence-corrected chi connectivity index (χ1v) is 5.93. The smallest absolute Gasteiger partial charge is 0.311 e. The molecule has 0 saturated carbocycles. The Kier molecular flexibility index (Phi) is 3.77. The van der Waals surface area contributed by atoms with Crippen LogP contribution in [0.3, 0.4) is 0 Å². The lowest BCUT2D eigenvalue weighted by Gasteiger charge is -2.10. The lowest BCUT2D eigenvalue weighted by Crippen LogP contribution is -2.29. The minimum Gasteiger partial charge on any atom is -0.481 e. The Morgan fingerprint density at radius 1 is 1.28 bits per heavy atom. The van der Waals surface area contributed by atoms with Crippen LogP contribution in [0.15, 0.2) is 42.0 Å². The minimum atomic E-state index is -0.923. The Morgan fingerprint density at radius 3 is 2.67 bits per heavy atom. The number of carboxylic acid groups (broad SMARTS) is 1. The summed E-state index contributed by atoms with van der Waals surface area (Å²) in [7, 11) is 0. The maximum Gasteiger partial charge on any atom is 0.311 e. The molecule has 1 aliphatic carbocycles. The van der Waals surface area contributed by atoms with Crippen LogP contribution in [0.4, 0.5) is 0 Å². The number of nitrogens with one attached hydrogen (secondary N) is 1. The molecule has 2 N–H and O–H groups in total. The van der Waals surface area contributed by atoms with Crippen LogP contribution in [0, 0.1) is 5.92 Å². The molecular weight excluding hydrogens is 230 g/mol. The summed E-state index contributed by atoms with van der Waals surface area (Å²) in [6, 6.07) is 9.54. The fourth-order valence-electron chi connectivity index (χ4n) is 2.09. The molecule has 0 spiro atoms. The first-order valence-electron chi connectivity index (χ1n) is 5.93. The van der Waals surface area contributed by atoms with Gasteiger partial charge < -0.3 is 10.4 Å². The highest BCUT2D eigenvalue weighted by atomic mass is 16.4. The third-order valence-corrected chi connectivity index (χ3v) is 3.05. The number of hydrogen-bond acceptors (Lipinski definition) is 2. The van der Waals surface area contributed by atoms with E-state index in [2.05, 4.69) is 5.32 Å². The molecule has 0 fully saturated rings. The zero-order valence-corrected chi connectivity index (χ0v) is 9.93. The molecule has 1 aliphatic rings. The molecule has 4 heteroatoms. The molecule has 0 aliphatic heterocycles. The van der Waals surface area contributed by atoms with E-state index in [9.17, 15) is 9.59 Å². The van der Waals surface area contributed by atoms with Crippen molar-refractivity contribution in [2.45, 2.75) is 19.4 Å². The van der Waals surface area contributed by atoms with Gasteiger partial charge in [0.2, 0.25) is 5.91 Å². The molecule has 94 valence electrons. The summed E-state index contributed by atoms with van der Waals surface area (Å²) >= 11 is 0. The number of allylic oxidation sites excluding steroid dienone is 1. The average Bonchev–Trinajstić information content (AvgIpc) is 2.86. The Morgan fingerprint density at radius 2 is 2.00 bits per heavy atom. The van der Waals surface area contributed by atoms with E-state index in [1.54, 1.807) is 6.08 Å². The van der Waals surface area contributed by atoms with Crippen molar-refractivity contribution in [3.8, 4) is 0 Å². The number of amides is 1. The molecule has 0 aromatic heterocycles. The van der Waals surface area contributed by atoms with Crippen molar-refractivity contribution in [3.63, 3.8) is 0 Å². The van der Waals surface area contributed by atoms with Gasteiger partial charge in [-0.2, -0.15) is 0 Å². The molecule has 0 bridgehead atoms. The number of rotatable bonds is 4. The molecule has 1 atom stereocenters. The average molecular weight is 245 g/mol. The van der Waals surface area contributed by atoms with Crippen molar-refractivity contribution in [2.75, 3.05) is 0 Å². The number of hydrogen-bond donors (Lipinski definition) is 2. The number of carboxylic acids is 1. The van der Waals surface area contributed by atoms with Crippen molar-refractivity contribution >= 4 is 11.9 Å². The van der Waals surface area contributed by atoms with Crippen LogP contribution >= 0.6 is 0 Å². The lowest BCUT2D eigenvalue weighted by atomic mass is 10.0. The van der Waals surface area contributed by atoms with Gasteiger partial charge in [-0.3, -0.25) is 9.59 Å². The Bertz CT molecular complexity index is 479. The van der Waals surface area contributed by atoms with E-state index < -0.39 is 11.9 Å². The van der Waals surface area contributed by atoms with E-state index >= 15 is 0 Å². The molecule has 2 rings (SSSR count). The van der Waals surface area contributed by atoms with Gasteiger partial charge in [-0.05, 0) is 18.4 Å². The fraction of sp³-hybridized carbons (Fsp3) is 0.286. The third kappa shape index (κ3) is 2.77. The Balaban J connectivity index is 1.94. The van der Waals surface area contributed by atoms with Crippen LogP contribution in [0.2, 0.25) is 0 Å². The van der Waals surface area contributed by atoms with Gasteiger partial charge in [0.15, 0.2) is 0 Å². The molecule has 0 unspecified atom stereocenters. The highest BCUT2D eigenvalue weighted by molar-refractivity contribution is 5.99. The molecule has 1 amide bonds. The zero-order valence-electron chi connectivity index (χ0n) is 9.93. The number of benzene rings is 1. The van der Waals surface area contributed by atoms with Crippen LogP contribution in [0.5, 0.6) is 0 Å². The quantitative estimate of drug-likeness (QED) is 0.848. The molecule has 0 saturated heterocycles. The number of aliphatic carboxylic acids is 1. The van der Waals surface area contributed by atoms with Crippen LogP contribution in [-0.2, 0) is 16.1 Å². The van der Waals surface area contributed by atoms with Gasteiger partial charge in [0, 0.05) is 12.1 Å². The van der Waals surface area contributed by atoms with Gasteiger partial charge in [-0.15, -0.1) is 0 Å².